The molecule has 0 aliphatic carbocycles. The fraction of sp³-hybridized carbons (Fsp3) is 0.438. The van der Waals surface area contributed by atoms with Gasteiger partial charge in [-0.1, -0.05) is 30.3 Å². The number of aromatic nitrogens is 2. The van der Waals surface area contributed by atoms with Crippen LogP contribution in [0.5, 0.6) is 6.01 Å². The number of anilines is 2. The highest BCUT2D eigenvalue weighted by molar-refractivity contribution is 6.02. The van der Waals surface area contributed by atoms with Gasteiger partial charge in [-0.3, -0.25) is 4.90 Å². The van der Waals surface area contributed by atoms with E-state index in [9.17, 15) is 4.39 Å². The molecule has 4 atom stereocenters. The van der Waals surface area contributed by atoms with E-state index in [2.05, 4.69) is 20.1 Å². The molecule has 4 aliphatic heterocycles. The Bertz CT molecular complexity index is 1650. The largest absolute Gasteiger partial charge is 0.461 e. The van der Waals surface area contributed by atoms with Crippen molar-refractivity contribution in [2.24, 2.45) is 0 Å². The van der Waals surface area contributed by atoms with Crippen LogP contribution in [0.4, 0.5) is 20.3 Å². The molecule has 0 radical (unpaired) electrons. The van der Waals surface area contributed by atoms with E-state index in [1.807, 2.05) is 48.5 Å². The molecule has 5 heterocycles. The predicted molar refractivity (Wildman–Crippen MR) is 158 cm³/mol. The maximum Gasteiger partial charge on any atom is 0.319 e. The van der Waals surface area contributed by atoms with Crippen LogP contribution in [0, 0.1) is 5.82 Å². The van der Waals surface area contributed by atoms with Crippen molar-refractivity contribution >= 4 is 33.2 Å². The smallest absolute Gasteiger partial charge is 0.319 e. The second kappa shape index (κ2) is 9.49. The number of halogens is 2. The van der Waals surface area contributed by atoms with Gasteiger partial charge in [0.05, 0.1) is 5.54 Å². The molecule has 3 N–H and O–H groups in total. The fourth-order valence-corrected chi connectivity index (χ4v) is 7.81. The SMILES string of the molecule is Nc1cc(-c2ccc3c(N4CC5CCC(C4)N5)nc(OCC45CCCN4CC(F)C5)nc3c2F)c2ccccc2c1. The van der Waals surface area contributed by atoms with Gasteiger partial charge in [0, 0.05) is 54.8 Å². The molecule has 4 unspecified atom stereocenters. The van der Waals surface area contributed by atoms with Crippen LogP contribution >= 0.6 is 0 Å². The average molecular weight is 557 g/mol. The number of nitrogens with two attached hydrogens (primary N) is 1. The van der Waals surface area contributed by atoms with E-state index in [1.54, 1.807) is 0 Å². The fourth-order valence-electron chi connectivity index (χ4n) is 7.81. The predicted octanol–water partition coefficient (Wildman–Crippen LogP) is 5.07. The van der Waals surface area contributed by atoms with Gasteiger partial charge in [-0.15, -0.1) is 0 Å². The summed E-state index contributed by atoms with van der Waals surface area (Å²) >= 11 is 0. The Morgan fingerprint density at radius 3 is 2.68 bits per heavy atom. The molecule has 0 amide bonds. The molecule has 4 aromatic rings. The van der Waals surface area contributed by atoms with E-state index in [0.717, 1.165) is 61.7 Å². The first-order valence-electron chi connectivity index (χ1n) is 14.8. The van der Waals surface area contributed by atoms with Crippen LogP contribution in [0.2, 0.25) is 0 Å². The van der Waals surface area contributed by atoms with Gasteiger partial charge in [0.15, 0.2) is 5.82 Å². The Kier molecular flexibility index (Phi) is 5.83. The molecule has 0 spiro atoms. The van der Waals surface area contributed by atoms with Gasteiger partial charge in [0.25, 0.3) is 0 Å². The number of alkyl halides is 1. The van der Waals surface area contributed by atoms with Crippen LogP contribution in [0.3, 0.4) is 0 Å². The third-order valence-corrected chi connectivity index (χ3v) is 9.69. The molecule has 4 aliphatic rings. The minimum atomic E-state index is -0.851. The topological polar surface area (TPSA) is 79.5 Å². The lowest BCUT2D eigenvalue weighted by atomic mass is 9.95. The lowest BCUT2D eigenvalue weighted by molar-refractivity contribution is 0.107. The normalized spacial score (nSPS) is 27.7. The molecule has 3 aromatic carbocycles. The Hall–Kier alpha value is -3.56. The highest BCUT2D eigenvalue weighted by Gasteiger charge is 2.49. The van der Waals surface area contributed by atoms with Crippen LogP contribution in [-0.4, -0.2) is 71.4 Å². The first-order valence-corrected chi connectivity index (χ1v) is 14.8. The number of nitrogen functional groups attached to an aromatic ring is 1. The number of benzene rings is 3. The molecule has 2 bridgehead atoms. The number of rotatable bonds is 5. The summed E-state index contributed by atoms with van der Waals surface area (Å²) in [6.45, 7) is 3.22. The van der Waals surface area contributed by atoms with E-state index in [-0.39, 0.29) is 17.1 Å². The number of hydrogen-bond acceptors (Lipinski definition) is 7. The summed E-state index contributed by atoms with van der Waals surface area (Å²) in [6, 6.07) is 16.3. The molecule has 7 nitrogen and oxygen atoms in total. The van der Waals surface area contributed by atoms with Gasteiger partial charge in [-0.2, -0.15) is 9.97 Å². The van der Waals surface area contributed by atoms with Crippen molar-refractivity contribution < 1.29 is 13.5 Å². The van der Waals surface area contributed by atoms with Crippen LogP contribution in [0.25, 0.3) is 32.8 Å². The Morgan fingerprint density at radius 1 is 1.00 bits per heavy atom. The zero-order valence-electron chi connectivity index (χ0n) is 23.0. The average Bonchev–Trinajstić information content (AvgIpc) is 3.61. The standard InChI is InChI=1S/C32H34F2N6O/c33-20-14-32(10-3-11-40(32)15-20)18-41-31-37-29-26(30(38-31)39-16-22-6-7-23(17-39)36-22)9-8-25(28(29)34)27-13-21(35)12-19-4-1-2-5-24(19)27/h1-2,4-5,8-9,12-13,20,22-23,36H,3,6-7,10-11,14-18,35H2. The van der Waals surface area contributed by atoms with E-state index < -0.39 is 12.0 Å². The Morgan fingerprint density at radius 2 is 1.83 bits per heavy atom. The van der Waals surface area contributed by atoms with Gasteiger partial charge < -0.3 is 20.7 Å². The molecule has 8 rings (SSSR count). The van der Waals surface area contributed by atoms with E-state index in [0.29, 0.717) is 54.1 Å². The molecule has 0 saturated carbocycles. The third-order valence-electron chi connectivity index (χ3n) is 9.69. The summed E-state index contributed by atoms with van der Waals surface area (Å²) in [5.41, 5.74) is 7.87. The van der Waals surface area contributed by atoms with Gasteiger partial charge in [0.1, 0.15) is 24.1 Å². The quantitative estimate of drug-likeness (QED) is 0.333. The van der Waals surface area contributed by atoms with Crippen molar-refractivity contribution in [3.05, 3.63) is 54.3 Å². The zero-order valence-corrected chi connectivity index (χ0v) is 23.0. The zero-order chi connectivity index (χ0) is 27.7. The molecule has 9 heteroatoms. The van der Waals surface area contributed by atoms with Crippen molar-refractivity contribution in [2.75, 3.05) is 43.4 Å². The van der Waals surface area contributed by atoms with Gasteiger partial charge in [0.2, 0.25) is 0 Å². The first kappa shape index (κ1) is 25.2. The number of piperazine rings is 1. The first-order chi connectivity index (χ1) is 20.0. The summed E-state index contributed by atoms with van der Waals surface area (Å²) in [6.07, 6.45) is 3.76. The number of fused-ring (bicyclic) bond motifs is 5. The number of nitrogens with one attached hydrogen (secondary N) is 1. The van der Waals surface area contributed by atoms with Gasteiger partial charge in [-0.25, -0.2) is 8.78 Å². The maximum absolute atomic E-state index is 16.6. The van der Waals surface area contributed by atoms with Crippen molar-refractivity contribution in [1.29, 1.82) is 0 Å². The Balaban J connectivity index is 1.24. The van der Waals surface area contributed by atoms with Crippen LogP contribution in [0.1, 0.15) is 32.1 Å². The molecule has 1 aromatic heterocycles. The molecule has 41 heavy (non-hydrogen) atoms. The minimum absolute atomic E-state index is 0.149. The summed E-state index contributed by atoms with van der Waals surface area (Å²) in [7, 11) is 0. The molecular weight excluding hydrogens is 522 g/mol. The van der Waals surface area contributed by atoms with Gasteiger partial charge in [-0.05, 0) is 66.8 Å². The minimum Gasteiger partial charge on any atom is -0.461 e. The third kappa shape index (κ3) is 4.20. The molecule has 212 valence electrons. The second-order valence-corrected chi connectivity index (χ2v) is 12.3. The summed E-state index contributed by atoms with van der Waals surface area (Å²) in [4.78, 5) is 14.0. The Labute approximate surface area is 237 Å². The van der Waals surface area contributed by atoms with Crippen LogP contribution in [-0.2, 0) is 0 Å². The molecule has 4 saturated heterocycles. The number of hydrogen-bond donors (Lipinski definition) is 2. The second-order valence-electron chi connectivity index (χ2n) is 12.3. The van der Waals surface area contributed by atoms with Crippen LogP contribution in [0.15, 0.2) is 48.5 Å². The summed E-state index contributed by atoms with van der Waals surface area (Å²) < 4.78 is 37.3. The number of nitrogens with zero attached hydrogens (tertiary/aromatic N) is 4. The van der Waals surface area contributed by atoms with Crippen molar-refractivity contribution in [3.8, 4) is 17.1 Å². The maximum atomic E-state index is 16.6. The van der Waals surface area contributed by atoms with Gasteiger partial charge >= 0.3 is 6.01 Å². The summed E-state index contributed by atoms with van der Waals surface area (Å²) in [5, 5.41) is 6.21. The van der Waals surface area contributed by atoms with Crippen molar-refractivity contribution in [2.45, 2.75) is 55.9 Å². The number of ether oxygens (including phenoxy) is 1. The van der Waals surface area contributed by atoms with E-state index in [1.165, 1.54) is 0 Å². The molecule has 4 fully saturated rings. The molecular formula is C32H34F2N6O. The monoisotopic (exact) mass is 556 g/mol. The van der Waals surface area contributed by atoms with E-state index >= 15 is 4.39 Å². The summed E-state index contributed by atoms with van der Waals surface area (Å²) in [5.74, 6) is 0.275. The van der Waals surface area contributed by atoms with Crippen molar-refractivity contribution in [1.82, 2.24) is 20.2 Å². The lowest BCUT2D eigenvalue weighted by Gasteiger charge is -2.34. The highest BCUT2D eigenvalue weighted by atomic mass is 19.1. The highest BCUT2D eigenvalue weighted by Crippen LogP contribution is 2.41. The van der Waals surface area contributed by atoms with Crippen molar-refractivity contribution in [3.63, 3.8) is 0 Å². The van der Waals surface area contributed by atoms with Crippen LogP contribution < -0.4 is 20.7 Å². The lowest BCUT2D eigenvalue weighted by Crippen LogP contribution is -2.51. The van der Waals surface area contributed by atoms with E-state index in [4.69, 9.17) is 15.5 Å².